The third-order valence-electron chi connectivity index (χ3n) is 5.66. The molecule has 1 aliphatic rings. The van der Waals surface area contributed by atoms with E-state index in [1.807, 2.05) is 18.2 Å². The van der Waals surface area contributed by atoms with Gasteiger partial charge in [-0.05, 0) is 30.3 Å². The first-order chi connectivity index (χ1) is 16.0. The zero-order chi connectivity index (χ0) is 22.9. The molecule has 1 saturated heterocycles. The number of rotatable bonds is 4. The Morgan fingerprint density at radius 2 is 1.73 bits per heavy atom. The maximum Gasteiger partial charge on any atom is 0.295 e. The standard InChI is InChI=1S/C24H19ClN4O4/c25-17-5-3-4-16(14-17)23-19-6-1-2-7-20(19)24(30)28(26-23)22-15-18(8-9-21(22)29(31)32)27-10-12-33-13-11-27/h1-9,14-15H,10-13H2. The third kappa shape index (κ3) is 3.94. The summed E-state index contributed by atoms with van der Waals surface area (Å²) in [7, 11) is 0. The SMILES string of the molecule is O=c1c2ccccc2c(-c2cccc(Cl)c2)nn1-c1cc(N2CCOCC2)ccc1[N+](=O)[O-]. The number of nitrogens with zero attached hydrogens (tertiary/aromatic N) is 4. The first kappa shape index (κ1) is 21.1. The minimum atomic E-state index is -0.499. The molecule has 0 aliphatic carbocycles. The molecule has 1 aromatic heterocycles. The van der Waals surface area contributed by atoms with Gasteiger partial charge in [-0.2, -0.15) is 9.78 Å². The molecule has 8 nitrogen and oxygen atoms in total. The number of fused-ring (bicyclic) bond motifs is 1. The van der Waals surface area contributed by atoms with Crippen LogP contribution in [-0.4, -0.2) is 41.0 Å². The second-order valence-electron chi connectivity index (χ2n) is 7.65. The van der Waals surface area contributed by atoms with Crippen LogP contribution in [0.3, 0.4) is 0 Å². The van der Waals surface area contributed by atoms with Crippen molar-refractivity contribution < 1.29 is 9.66 Å². The number of halogens is 1. The molecule has 2 heterocycles. The average Bonchev–Trinajstić information content (AvgIpc) is 2.84. The first-order valence-electron chi connectivity index (χ1n) is 10.4. The summed E-state index contributed by atoms with van der Waals surface area (Å²) in [4.78, 5) is 26.9. The number of aromatic nitrogens is 2. The van der Waals surface area contributed by atoms with Crippen molar-refractivity contribution in [2.24, 2.45) is 0 Å². The molecule has 33 heavy (non-hydrogen) atoms. The highest BCUT2D eigenvalue weighted by atomic mass is 35.5. The number of ether oxygens (including phenoxy) is 1. The highest BCUT2D eigenvalue weighted by molar-refractivity contribution is 6.30. The van der Waals surface area contributed by atoms with Gasteiger partial charge in [-0.15, -0.1) is 0 Å². The normalized spacial score (nSPS) is 13.9. The Bertz CT molecular complexity index is 1430. The molecule has 0 radical (unpaired) electrons. The zero-order valence-electron chi connectivity index (χ0n) is 17.5. The van der Waals surface area contributed by atoms with Crippen LogP contribution in [0, 0.1) is 10.1 Å². The monoisotopic (exact) mass is 462 g/mol. The lowest BCUT2D eigenvalue weighted by Crippen LogP contribution is -2.36. The van der Waals surface area contributed by atoms with Gasteiger partial charge in [-0.3, -0.25) is 14.9 Å². The number of nitro benzene ring substituents is 1. The minimum absolute atomic E-state index is 0.114. The molecule has 0 N–H and O–H groups in total. The van der Waals surface area contributed by atoms with E-state index in [4.69, 9.17) is 16.3 Å². The molecule has 0 spiro atoms. The number of benzene rings is 3. The highest BCUT2D eigenvalue weighted by Gasteiger charge is 2.23. The minimum Gasteiger partial charge on any atom is -0.378 e. The van der Waals surface area contributed by atoms with E-state index in [0.717, 1.165) is 10.4 Å². The topological polar surface area (TPSA) is 90.5 Å². The Hall–Kier alpha value is -3.75. The van der Waals surface area contributed by atoms with Gasteiger partial charge in [-0.25, -0.2) is 0 Å². The van der Waals surface area contributed by atoms with Gasteiger partial charge >= 0.3 is 0 Å². The maximum absolute atomic E-state index is 13.5. The second kappa shape index (κ2) is 8.65. The fraction of sp³-hybridized carbons (Fsp3) is 0.167. The molecule has 1 fully saturated rings. The van der Waals surface area contributed by atoms with Crippen molar-refractivity contribution in [3.05, 3.63) is 92.2 Å². The molecule has 5 rings (SSSR count). The number of nitro groups is 1. The lowest BCUT2D eigenvalue weighted by molar-refractivity contribution is -0.384. The van der Waals surface area contributed by atoms with E-state index in [2.05, 4.69) is 10.00 Å². The first-order valence-corrected chi connectivity index (χ1v) is 10.8. The van der Waals surface area contributed by atoms with Crippen LogP contribution in [0.15, 0.2) is 71.5 Å². The Morgan fingerprint density at radius 1 is 0.970 bits per heavy atom. The summed E-state index contributed by atoms with van der Waals surface area (Å²) < 4.78 is 6.54. The number of hydrogen-bond acceptors (Lipinski definition) is 6. The third-order valence-corrected chi connectivity index (χ3v) is 5.90. The molecule has 0 bridgehead atoms. The molecule has 0 amide bonds. The molecule has 166 valence electrons. The zero-order valence-corrected chi connectivity index (χ0v) is 18.2. The Balaban J connectivity index is 1.79. The summed E-state index contributed by atoms with van der Waals surface area (Å²) in [6, 6.07) is 19.0. The van der Waals surface area contributed by atoms with Crippen LogP contribution in [0.5, 0.6) is 0 Å². The molecule has 3 aromatic carbocycles. The van der Waals surface area contributed by atoms with Crippen LogP contribution in [0.25, 0.3) is 27.7 Å². The summed E-state index contributed by atoms with van der Waals surface area (Å²) in [5.41, 5.74) is 1.47. The molecule has 1 aliphatic heterocycles. The van der Waals surface area contributed by atoms with Crippen molar-refractivity contribution >= 4 is 33.7 Å². The molecule has 0 saturated carbocycles. The van der Waals surface area contributed by atoms with Crippen LogP contribution >= 0.6 is 11.6 Å². The van der Waals surface area contributed by atoms with E-state index in [-0.39, 0.29) is 11.4 Å². The second-order valence-corrected chi connectivity index (χ2v) is 8.09. The van der Waals surface area contributed by atoms with E-state index in [0.29, 0.717) is 53.4 Å². The quantitative estimate of drug-likeness (QED) is 0.328. The van der Waals surface area contributed by atoms with Crippen LogP contribution in [0.2, 0.25) is 5.02 Å². The maximum atomic E-state index is 13.5. The molecule has 9 heteroatoms. The summed E-state index contributed by atoms with van der Waals surface area (Å²) in [6.07, 6.45) is 0. The summed E-state index contributed by atoms with van der Waals surface area (Å²) in [5, 5.41) is 18.1. The van der Waals surface area contributed by atoms with Crippen molar-refractivity contribution in [3.8, 4) is 16.9 Å². The smallest absolute Gasteiger partial charge is 0.295 e. The molecular formula is C24H19ClN4O4. The van der Waals surface area contributed by atoms with Gasteiger partial charge < -0.3 is 9.64 Å². The van der Waals surface area contributed by atoms with E-state index in [9.17, 15) is 14.9 Å². The fourth-order valence-electron chi connectivity index (χ4n) is 4.06. The van der Waals surface area contributed by atoms with Gasteiger partial charge in [0.2, 0.25) is 0 Å². The average molecular weight is 463 g/mol. The highest BCUT2D eigenvalue weighted by Crippen LogP contribution is 2.31. The van der Waals surface area contributed by atoms with Crippen molar-refractivity contribution in [3.63, 3.8) is 0 Å². The van der Waals surface area contributed by atoms with E-state index in [1.165, 1.54) is 6.07 Å². The van der Waals surface area contributed by atoms with Crippen LogP contribution in [0.1, 0.15) is 0 Å². The largest absolute Gasteiger partial charge is 0.378 e. The predicted octanol–water partition coefficient (Wildman–Crippen LogP) is 4.45. The summed E-state index contributed by atoms with van der Waals surface area (Å²) in [6.45, 7) is 2.45. The van der Waals surface area contributed by atoms with Gasteiger partial charge in [0.1, 0.15) is 5.69 Å². The van der Waals surface area contributed by atoms with Crippen molar-refractivity contribution in [1.82, 2.24) is 9.78 Å². The van der Waals surface area contributed by atoms with Gasteiger partial charge in [-0.1, -0.05) is 41.9 Å². The van der Waals surface area contributed by atoms with Gasteiger partial charge in [0.05, 0.1) is 29.2 Å². The lowest BCUT2D eigenvalue weighted by Gasteiger charge is -2.29. The van der Waals surface area contributed by atoms with Crippen molar-refractivity contribution in [2.45, 2.75) is 0 Å². The van der Waals surface area contributed by atoms with Gasteiger partial charge in [0.25, 0.3) is 11.2 Å². The number of hydrogen-bond donors (Lipinski definition) is 0. The van der Waals surface area contributed by atoms with E-state index < -0.39 is 10.5 Å². The Kier molecular flexibility index (Phi) is 5.53. The summed E-state index contributed by atoms with van der Waals surface area (Å²) >= 11 is 6.21. The van der Waals surface area contributed by atoms with E-state index >= 15 is 0 Å². The van der Waals surface area contributed by atoms with E-state index in [1.54, 1.807) is 42.5 Å². The van der Waals surface area contributed by atoms with Crippen LogP contribution < -0.4 is 10.5 Å². The van der Waals surface area contributed by atoms with Crippen LogP contribution in [-0.2, 0) is 4.74 Å². The van der Waals surface area contributed by atoms with Crippen molar-refractivity contribution in [1.29, 1.82) is 0 Å². The van der Waals surface area contributed by atoms with Crippen LogP contribution in [0.4, 0.5) is 11.4 Å². The lowest BCUT2D eigenvalue weighted by atomic mass is 10.0. The molecular weight excluding hydrogens is 444 g/mol. The summed E-state index contributed by atoms with van der Waals surface area (Å²) in [5.74, 6) is 0. The van der Waals surface area contributed by atoms with Crippen molar-refractivity contribution in [2.75, 3.05) is 31.2 Å². The number of anilines is 1. The Morgan fingerprint density at radius 3 is 2.45 bits per heavy atom. The molecule has 4 aromatic rings. The molecule has 0 atom stereocenters. The fourth-order valence-corrected chi connectivity index (χ4v) is 4.25. The predicted molar refractivity (Wildman–Crippen MR) is 127 cm³/mol. The molecule has 0 unspecified atom stereocenters. The van der Waals surface area contributed by atoms with Gasteiger partial charge in [0, 0.05) is 40.8 Å². The Labute approximate surface area is 193 Å². The van der Waals surface area contributed by atoms with Gasteiger partial charge in [0.15, 0.2) is 0 Å². The number of morpholine rings is 1.